The normalized spacial score (nSPS) is 27.3. The number of hydrogen-bond acceptors (Lipinski definition) is 10. The van der Waals surface area contributed by atoms with Crippen LogP contribution in [0.25, 0.3) is 0 Å². The van der Waals surface area contributed by atoms with E-state index in [0.717, 1.165) is 0 Å². The fraction of sp³-hybridized carbons (Fsp3) is 1.00. The van der Waals surface area contributed by atoms with Gasteiger partial charge in [0.1, 0.15) is 7.85 Å². The second-order valence-corrected chi connectivity index (χ2v) is 9.96. The molecule has 0 spiro atoms. The Morgan fingerprint density at radius 1 is 1.15 bits per heavy atom. The molecule has 0 saturated carbocycles. The summed E-state index contributed by atoms with van der Waals surface area (Å²) < 4.78 is 56.5. The molecule has 1 aliphatic rings. The maximum Gasteiger partial charge on any atom is 0.502 e. The summed E-state index contributed by atoms with van der Waals surface area (Å²) in [6.45, 7) is 3.68. The molecule has 1 heterocycles. The van der Waals surface area contributed by atoms with Gasteiger partial charge in [0.25, 0.3) is 0 Å². The number of phosphoric ester groups is 1. The SMILES string of the molecule is BC1CC(OP(=O)(OCCCOP(=O)(CC)OCCCO)OOC)C(C)O1. The van der Waals surface area contributed by atoms with Gasteiger partial charge in [-0.15, -0.1) is 4.67 Å². The minimum absolute atomic E-state index is 0.0107. The van der Waals surface area contributed by atoms with Crippen LogP contribution >= 0.6 is 15.4 Å². The average molecular weight is 432 g/mol. The summed E-state index contributed by atoms with van der Waals surface area (Å²) in [7, 11) is -4.02. The zero-order valence-corrected chi connectivity index (χ0v) is 18.2. The van der Waals surface area contributed by atoms with Crippen molar-refractivity contribution in [1.29, 1.82) is 0 Å². The largest absolute Gasteiger partial charge is 0.502 e. The van der Waals surface area contributed by atoms with Gasteiger partial charge in [0, 0.05) is 18.8 Å². The smallest absolute Gasteiger partial charge is 0.396 e. The highest BCUT2D eigenvalue weighted by molar-refractivity contribution is 7.53. The zero-order chi connectivity index (χ0) is 20.3. The van der Waals surface area contributed by atoms with Crippen LogP contribution in [-0.2, 0) is 41.5 Å². The van der Waals surface area contributed by atoms with Crippen molar-refractivity contribution in [3.63, 3.8) is 0 Å². The van der Waals surface area contributed by atoms with E-state index in [1.807, 2.05) is 14.8 Å². The Morgan fingerprint density at radius 3 is 2.30 bits per heavy atom. The van der Waals surface area contributed by atoms with Crippen LogP contribution in [0, 0.1) is 0 Å². The number of hydrogen-bond donors (Lipinski definition) is 1. The molecule has 1 saturated heterocycles. The van der Waals surface area contributed by atoms with Gasteiger partial charge in [-0.25, -0.2) is 9.45 Å². The van der Waals surface area contributed by atoms with Crippen molar-refractivity contribution >= 4 is 23.3 Å². The third-order valence-electron chi connectivity index (χ3n) is 3.77. The molecule has 1 rings (SSSR count). The van der Waals surface area contributed by atoms with Gasteiger partial charge < -0.3 is 18.9 Å². The Morgan fingerprint density at radius 2 is 1.78 bits per heavy atom. The molecule has 5 unspecified atom stereocenters. The summed E-state index contributed by atoms with van der Waals surface area (Å²) in [5.41, 5.74) is 0. The molecule has 0 aromatic rings. The minimum atomic E-state index is -3.93. The van der Waals surface area contributed by atoms with E-state index in [2.05, 4.69) is 4.89 Å². The summed E-state index contributed by atoms with van der Waals surface area (Å²) in [6, 6.07) is -0.0107. The number of aliphatic hydroxyl groups is 1. The van der Waals surface area contributed by atoms with E-state index in [-0.39, 0.29) is 44.7 Å². The molecule has 13 heteroatoms. The predicted octanol–water partition coefficient (Wildman–Crippen LogP) is 1.86. The van der Waals surface area contributed by atoms with Crippen molar-refractivity contribution < 1.29 is 46.6 Å². The van der Waals surface area contributed by atoms with Gasteiger partial charge in [-0.1, -0.05) is 6.92 Å². The van der Waals surface area contributed by atoms with Crippen molar-refractivity contribution in [2.24, 2.45) is 0 Å². The second-order valence-electron chi connectivity index (χ2n) is 6.08. The Kier molecular flexibility index (Phi) is 11.9. The van der Waals surface area contributed by atoms with Crippen LogP contribution in [-0.4, -0.2) is 70.9 Å². The summed E-state index contributed by atoms with van der Waals surface area (Å²) in [4.78, 5) is 4.49. The molecule has 160 valence electrons. The Balaban J connectivity index is 2.39. The maximum absolute atomic E-state index is 12.6. The third-order valence-corrected chi connectivity index (χ3v) is 7.05. The Bertz CT molecular complexity index is 508. The number of ether oxygens (including phenoxy) is 1. The van der Waals surface area contributed by atoms with E-state index >= 15 is 0 Å². The Labute approximate surface area is 161 Å². The highest BCUT2D eigenvalue weighted by Gasteiger charge is 2.39. The molecule has 0 amide bonds. The van der Waals surface area contributed by atoms with Crippen LogP contribution in [0.5, 0.6) is 0 Å². The lowest BCUT2D eigenvalue weighted by atomic mass is 9.96. The van der Waals surface area contributed by atoms with Crippen LogP contribution in [0.3, 0.4) is 0 Å². The van der Waals surface area contributed by atoms with E-state index in [4.69, 9.17) is 32.6 Å². The first-order valence-corrected chi connectivity index (χ1v) is 12.3. The van der Waals surface area contributed by atoms with Crippen LogP contribution in [0.2, 0.25) is 0 Å². The highest BCUT2D eigenvalue weighted by Crippen LogP contribution is 2.52. The topological polar surface area (TPSA) is 119 Å². The van der Waals surface area contributed by atoms with E-state index in [9.17, 15) is 9.13 Å². The van der Waals surface area contributed by atoms with Crippen molar-refractivity contribution in [2.75, 3.05) is 39.7 Å². The lowest BCUT2D eigenvalue weighted by Crippen LogP contribution is -2.21. The van der Waals surface area contributed by atoms with E-state index in [1.54, 1.807) is 6.92 Å². The summed E-state index contributed by atoms with van der Waals surface area (Å²) in [5, 5.41) is 8.74. The van der Waals surface area contributed by atoms with Crippen LogP contribution in [0.15, 0.2) is 0 Å². The first-order chi connectivity index (χ1) is 12.8. The molecule has 1 N–H and O–H groups in total. The lowest BCUT2D eigenvalue weighted by molar-refractivity contribution is -0.204. The van der Waals surface area contributed by atoms with Crippen molar-refractivity contribution in [1.82, 2.24) is 0 Å². The monoisotopic (exact) mass is 432 g/mol. The highest BCUT2D eigenvalue weighted by atomic mass is 31.2. The van der Waals surface area contributed by atoms with Crippen LogP contribution < -0.4 is 0 Å². The third kappa shape index (κ3) is 9.50. The number of rotatable bonds is 15. The van der Waals surface area contributed by atoms with Crippen LogP contribution in [0.1, 0.15) is 33.1 Å². The summed E-state index contributed by atoms with van der Waals surface area (Å²) in [6.07, 6.45) is 0.777. The fourth-order valence-electron chi connectivity index (χ4n) is 2.41. The van der Waals surface area contributed by atoms with Crippen molar-refractivity contribution in [3.05, 3.63) is 0 Å². The standard InChI is InChI=1S/C14H31BO10P2/c1-4-26(17,20-8-5-7-16)21-9-6-10-22-27(18,25-19-3)24-13-11-14(15)23-12(13)2/h12-14,16H,4-11,15H2,1-3H3. The van der Waals surface area contributed by atoms with Gasteiger partial charge in [-0.05, 0) is 26.2 Å². The molecule has 0 bridgehead atoms. The van der Waals surface area contributed by atoms with Crippen molar-refractivity contribution in [3.8, 4) is 0 Å². The lowest BCUT2D eigenvalue weighted by Gasteiger charge is -2.21. The predicted molar refractivity (Wildman–Crippen MR) is 100 cm³/mol. The second kappa shape index (κ2) is 12.7. The quantitative estimate of drug-likeness (QED) is 0.135. The molecule has 0 radical (unpaired) electrons. The molecule has 27 heavy (non-hydrogen) atoms. The van der Waals surface area contributed by atoms with Gasteiger partial charge in [-0.3, -0.25) is 13.6 Å². The minimum Gasteiger partial charge on any atom is -0.396 e. The van der Waals surface area contributed by atoms with E-state index < -0.39 is 21.5 Å². The first-order valence-electron chi connectivity index (χ1n) is 9.07. The molecule has 1 fully saturated rings. The molecule has 0 aromatic heterocycles. The first kappa shape index (κ1) is 25.2. The molecule has 1 aliphatic heterocycles. The molecular formula is C14H31BO10P2. The van der Waals surface area contributed by atoms with E-state index in [1.165, 1.54) is 7.11 Å². The Hall–Kier alpha value is 0.205. The average Bonchev–Trinajstić information content (AvgIpc) is 2.92. The molecule has 0 aliphatic carbocycles. The molecule has 0 aromatic carbocycles. The van der Waals surface area contributed by atoms with Gasteiger partial charge in [0.05, 0.1) is 39.1 Å². The summed E-state index contributed by atoms with van der Waals surface area (Å²) >= 11 is 0. The zero-order valence-electron chi connectivity index (χ0n) is 16.4. The van der Waals surface area contributed by atoms with Gasteiger partial charge in [0.2, 0.25) is 0 Å². The molecular weight excluding hydrogens is 401 g/mol. The fourth-order valence-corrected chi connectivity index (χ4v) is 4.93. The van der Waals surface area contributed by atoms with Gasteiger partial charge >= 0.3 is 15.4 Å². The molecule has 10 nitrogen and oxygen atoms in total. The van der Waals surface area contributed by atoms with Gasteiger partial charge in [0.15, 0.2) is 0 Å². The van der Waals surface area contributed by atoms with Crippen LogP contribution in [0.4, 0.5) is 0 Å². The van der Waals surface area contributed by atoms with Gasteiger partial charge in [-0.2, -0.15) is 0 Å². The van der Waals surface area contributed by atoms with Crippen molar-refractivity contribution in [2.45, 2.75) is 51.3 Å². The molecule has 5 atom stereocenters. The van der Waals surface area contributed by atoms with E-state index in [0.29, 0.717) is 19.3 Å². The number of phosphoric acid groups is 1. The summed E-state index contributed by atoms with van der Waals surface area (Å²) in [5.74, 6) is 0. The number of aliphatic hydroxyl groups excluding tert-OH is 1. The maximum atomic E-state index is 12.6.